The van der Waals surface area contributed by atoms with Crippen LogP contribution in [0.2, 0.25) is 0 Å². The number of carbonyl (C=O) groups is 1. The minimum absolute atomic E-state index is 0.225. The van der Waals surface area contributed by atoms with Gasteiger partial charge in [0, 0.05) is 18.6 Å². The SMILES string of the molecule is Cc1cc[n+]([O-])c(CCC(=O)OC(C)(C)C)c1. The molecular formula is C13H19NO3. The zero-order valence-electron chi connectivity index (χ0n) is 10.8. The van der Waals surface area contributed by atoms with Crippen molar-refractivity contribution in [2.45, 2.75) is 46.1 Å². The second-order valence-electron chi connectivity index (χ2n) is 5.11. The maximum Gasteiger partial charge on any atom is 0.306 e. The van der Waals surface area contributed by atoms with E-state index in [1.807, 2.05) is 27.7 Å². The molecule has 0 saturated carbocycles. The largest absolute Gasteiger partial charge is 0.619 e. The van der Waals surface area contributed by atoms with Gasteiger partial charge in [-0.2, -0.15) is 4.73 Å². The second-order valence-corrected chi connectivity index (χ2v) is 5.11. The number of ether oxygens (including phenoxy) is 1. The fourth-order valence-corrected chi connectivity index (χ4v) is 1.46. The number of esters is 1. The molecule has 0 fully saturated rings. The minimum atomic E-state index is -0.475. The van der Waals surface area contributed by atoms with Gasteiger partial charge in [-0.25, -0.2) is 0 Å². The number of rotatable bonds is 3. The smallest absolute Gasteiger partial charge is 0.306 e. The maximum atomic E-state index is 11.5. The van der Waals surface area contributed by atoms with Gasteiger partial charge in [-0.3, -0.25) is 4.79 Å². The maximum absolute atomic E-state index is 11.5. The van der Waals surface area contributed by atoms with Crippen molar-refractivity contribution in [2.24, 2.45) is 0 Å². The van der Waals surface area contributed by atoms with Crippen molar-refractivity contribution >= 4 is 5.97 Å². The van der Waals surface area contributed by atoms with Crippen LogP contribution in [0.1, 0.15) is 38.4 Å². The molecule has 1 rings (SSSR count). The molecule has 0 amide bonds. The van der Waals surface area contributed by atoms with E-state index in [2.05, 4.69) is 0 Å². The first-order valence-electron chi connectivity index (χ1n) is 5.68. The van der Waals surface area contributed by atoms with Crippen molar-refractivity contribution in [3.05, 3.63) is 34.8 Å². The van der Waals surface area contributed by atoms with Crippen LogP contribution in [-0.4, -0.2) is 11.6 Å². The lowest BCUT2D eigenvalue weighted by Gasteiger charge is -2.19. The van der Waals surface area contributed by atoms with Crippen LogP contribution in [0.25, 0.3) is 0 Å². The number of aromatic nitrogens is 1. The number of nitrogens with zero attached hydrogens (tertiary/aromatic N) is 1. The third-order valence-electron chi connectivity index (χ3n) is 2.16. The number of carbonyl (C=O) groups excluding carboxylic acids is 1. The van der Waals surface area contributed by atoms with Gasteiger partial charge in [0.25, 0.3) is 0 Å². The molecule has 17 heavy (non-hydrogen) atoms. The Hall–Kier alpha value is -1.58. The zero-order valence-corrected chi connectivity index (χ0v) is 10.8. The molecule has 0 unspecified atom stereocenters. The van der Waals surface area contributed by atoms with Gasteiger partial charge in [-0.05, 0) is 33.3 Å². The summed E-state index contributed by atoms with van der Waals surface area (Å²) >= 11 is 0. The fourth-order valence-electron chi connectivity index (χ4n) is 1.46. The molecule has 0 aliphatic carbocycles. The van der Waals surface area contributed by atoms with Crippen LogP contribution in [-0.2, 0) is 16.0 Å². The highest BCUT2D eigenvalue weighted by Crippen LogP contribution is 2.09. The average molecular weight is 237 g/mol. The van der Waals surface area contributed by atoms with Gasteiger partial charge in [-0.1, -0.05) is 0 Å². The Morgan fingerprint density at radius 3 is 2.71 bits per heavy atom. The quantitative estimate of drug-likeness (QED) is 0.458. The van der Waals surface area contributed by atoms with Crippen molar-refractivity contribution in [3.8, 4) is 0 Å². The molecule has 0 radical (unpaired) electrons. The molecule has 0 bridgehead atoms. The van der Waals surface area contributed by atoms with Crippen molar-refractivity contribution < 1.29 is 14.3 Å². The minimum Gasteiger partial charge on any atom is -0.619 e. The third-order valence-corrected chi connectivity index (χ3v) is 2.16. The Morgan fingerprint density at radius 2 is 2.12 bits per heavy atom. The Bertz CT molecular complexity index is 408. The van der Waals surface area contributed by atoms with E-state index in [0.717, 1.165) is 10.3 Å². The number of pyridine rings is 1. The van der Waals surface area contributed by atoms with Crippen LogP contribution >= 0.6 is 0 Å². The van der Waals surface area contributed by atoms with Gasteiger partial charge in [0.05, 0.1) is 6.42 Å². The monoisotopic (exact) mass is 237 g/mol. The normalized spacial score (nSPS) is 11.3. The number of hydrogen-bond acceptors (Lipinski definition) is 3. The molecule has 4 nitrogen and oxygen atoms in total. The Balaban J connectivity index is 2.56. The molecule has 1 aromatic rings. The molecule has 0 aliphatic heterocycles. The molecule has 0 atom stereocenters. The van der Waals surface area contributed by atoms with Gasteiger partial charge in [0.1, 0.15) is 5.60 Å². The Morgan fingerprint density at radius 1 is 1.47 bits per heavy atom. The highest BCUT2D eigenvalue weighted by Gasteiger charge is 2.17. The van der Waals surface area contributed by atoms with Crippen LogP contribution in [0, 0.1) is 12.1 Å². The Kier molecular flexibility index (Phi) is 4.10. The summed E-state index contributed by atoms with van der Waals surface area (Å²) in [6, 6.07) is 3.53. The lowest BCUT2D eigenvalue weighted by molar-refractivity contribution is -0.614. The topological polar surface area (TPSA) is 53.2 Å². The average Bonchev–Trinajstić information content (AvgIpc) is 2.17. The molecular weight excluding hydrogens is 218 g/mol. The first-order chi connectivity index (χ1) is 7.78. The zero-order chi connectivity index (χ0) is 13.1. The van der Waals surface area contributed by atoms with Crippen LogP contribution in [0.5, 0.6) is 0 Å². The molecule has 1 heterocycles. The van der Waals surface area contributed by atoms with E-state index >= 15 is 0 Å². The summed E-state index contributed by atoms with van der Waals surface area (Å²) in [5.41, 5.74) is 1.13. The van der Waals surface area contributed by atoms with Gasteiger partial charge >= 0.3 is 5.97 Å². The van der Waals surface area contributed by atoms with Crippen molar-refractivity contribution in [1.29, 1.82) is 0 Å². The predicted molar refractivity (Wildman–Crippen MR) is 64.3 cm³/mol. The molecule has 0 spiro atoms. The molecule has 94 valence electrons. The standard InChI is InChI=1S/C13H19NO3/c1-10-7-8-14(16)11(9-10)5-6-12(15)17-13(2,3)4/h7-9H,5-6H2,1-4H3. The van der Waals surface area contributed by atoms with Gasteiger partial charge < -0.3 is 9.94 Å². The van der Waals surface area contributed by atoms with Crippen molar-refractivity contribution in [3.63, 3.8) is 0 Å². The van der Waals surface area contributed by atoms with E-state index in [0.29, 0.717) is 12.1 Å². The van der Waals surface area contributed by atoms with Crippen LogP contribution in [0.4, 0.5) is 0 Å². The highest BCUT2D eigenvalue weighted by molar-refractivity contribution is 5.70. The van der Waals surface area contributed by atoms with E-state index in [4.69, 9.17) is 4.74 Å². The first-order valence-corrected chi connectivity index (χ1v) is 5.68. The van der Waals surface area contributed by atoms with Gasteiger partial charge in [0.2, 0.25) is 0 Å². The summed E-state index contributed by atoms with van der Waals surface area (Å²) in [5.74, 6) is -0.279. The van der Waals surface area contributed by atoms with Crippen LogP contribution in [0.3, 0.4) is 0 Å². The molecule has 0 saturated heterocycles. The summed E-state index contributed by atoms with van der Waals surface area (Å²) in [7, 11) is 0. The lowest BCUT2D eigenvalue weighted by atomic mass is 10.1. The molecule has 4 heteroatoms. The van der Waals surface area contributed by atoms with E-state index in [-0.39, 0.29) is 12.4 Å². The fraction of sp³-hybridized carbons (Fsp3) is 0.538. The molecule has 0 N–H and O–H groups in total. The van der Waals surface area contributed by atoms with Crippen LogP contribution < -0.4 is 4.73 Å². The van der Waals surface area contributed by atoms with E-state index in [9.17, 15) is 10.0 Å². The summed E-state index contributed by atoms with van der Waals surface area (Å²) in [6.07, 6.45) is 2.09. The van der Waals surface area contributed by atoms with Gasteiger partial charge in [-0.15, -0.1) is 0 Å². The number of hydrogen-bond donors (Lipinski definition) is 0. The first kappa shape index (κ1) is 13.5. The summed E-state index contributed by atoms with van der Waals surface area (Å²) in [4.78, 5) is 11.5. The summed E-state index contributed by atoms with van der Waals surface area (Å²) < 4.78 is 5.97. The third kappa shape index (κ3) is 4.85. The number of aryl methyl sites for hydroxylation is 2. The summed E-state index contributed by atoms with van der Waals surface area (Å²) in [6.45, 7) is 7.39. The highest BCUT2D eigenvalue weighted by atomic mass is 16.6. The van der Waals surface area contributed by atoms with E-state index < -0.39 is 5.60 Å². The van der Waals surface area contributed by atoms with E-state index in [1.165, 1.54) is 6.20 Å². The molecule has 0 aromatic carbocycles. The van der Waals surface area contributed by atoms with Gasteiger partial charge in [0.15, 0.2) is 11.9 Å². The predicted octanol–water partition coefficient (Wildman–Crippen LogP) is 1.90. The summed E-state index contributed by atoms with van der Waals surface area (Å²) in [5, 5.41) is 11.4. The Labute approximate surface area is 102 Å². The second kappa shape index (κ2) is 5.17. The molecule has 0 aliphatic rings. The van der Waals surface area contributed by atoms with Crippen LogP contribution in [0.15, 0.2) is 18.3 Å². The van der Waals surface area contributed by atoms with Crippen molar-refractivity contribution in [2.75, 3.05) is 0 Å². The molecule has 1 aromatic heterocycles. The van der Waals surface area contributed by atoms with E-state index in [1.54, 1.807) is 12.1 Å². The lowest BCUT2D eigenvalue weighted by Crippen LogP contribution is -2.32. The van der Waals surface area contributed by atoms with Crippen molar-refractivity contribution in [1.82, 2.24) is 0 Å².